The van der Waals surface area contributed by atoms with E-state index in [-0.39, 0.29) is 0 Å². The fourth-order valence-electron chi connectivity index (χ4n) is 1.78. The largest absolute Gasteiger partial charge is 0.384 e. The number of aliphatic hydroxyl groups is 1. The third-order valence-corrected chi connectivity index (χ3v) is 2.52. The molecule has 1 aliphatic rings. The normalized spacial score (nSPS) is 22.4. The first-order valence-electron chi connectivity index (χ1n) is 4.94. The number of rotatable bonds is 1. The van der Waals surface area contributed by atoms with Gasteiger partial charge in [-0.2, -0.15) is 0 Å². The van der Waals surface area contributed by atoms with Crippen molar-refractivity contribution in [1.29, 1.82) is 0 Å². The highest BCUT2D eigenvalue weighted by molar-refractivity contribution is 5.45. The van der Waals surface area contributed by atoms with Gasteiger partial charge < -0.3 is 15.7 Å². The third-order valence-electron chi connectivity index (χ3n) is 2.52. The molecular formula is C10H15N3O. The van der Waals surface area contributed by atoms with Gasteiger partial charge in [0.2, 0.25) is 0 Å². The van der Waals surface area contributed by atoms with Gasteiger partial charge in [0.25, 0.3) is 0 Å². The van der Waals surface area contributed by atoms with E-state index in [9.17, 15) is 5.11 Å². The number of nitrogens with two attached hydrogens (primary N) is 1. The SMILES string of the molecule is Nc1cccc(N2CCCCC2O)n1. The van der Waals surface area contributed by atoms with Crippen LogP contribution in [0.3, 0.4) is 0 Å². The summed E-state index contributed by atoms with van der Waals surface area (Å²) in [6.45, 7) is 0.859. The van der Waals surface area contributed by atoms with Crippen LogP contribution < -0.4 is 10.6 Å². The van der Waals surface area contributed by atoms with E-state index in [0.29, 0.717) is 5.82 Å². The summed E-state index contributed by atoms with van der Waals surface area (Å²) in [6, 6.07) is 5.49. The van der Waals surface area contributed by atoms with E-state index in [2.05, 4.69) is 4.98 Å². The number of hydrogen-bond donors (Lipinski definition) is 2. The number of piperidine rings is 1. The van der Waals surface area contributed by atoms with Crippen LogP contribution in [0.5, 0.6) is 0 Å². The average molecular weight is 193 g/mol. The Hall–Kier alpha value is -1.29. The van der Waals surface area contributed by atoms with Gasteiger partial charge in [0.1, 0.15) is 17.9 Å². The number of aliphatic hydroxyl groups excluding tert-OH is 1. The zero-order chi connectivity index (χ0) is 9.97. The first-order chi connectivity index (χ1) is 6.77. The zero-order valence-electron chi connectivity index (χ0n) is 8.06. The quantitative estimate of drug-likeness (QED) is 0.697. The van der Waals surface area contributed by atoms with Crippen LogP contribution in [0.15, 0.2) is 18.2 Å². The molecule has 1 aromatic heterocycles. The van der Waals surface area contributed by atoms with Crippen LogP contribution in [0.4, 0.5) is 11.6 Å². The van der Waals surface area contributed by atoms with Crippen LogP contribution in [0.2, 0.25) is 0 Å². The molecular weight excluding hydrogens is 178 g/mol. The van der Waals surface area contributed by atoms with Crippen LogP contribution >= 0.6 is 0 Å². The minimum absolute atomic E-state index is 0.405. The molecule has 0 radical (unpaired) electrons. The molecule has 1 saturated heterocycles. The second-order valence-corrected chi connectivity index (χ2v) is 3.59. The first-order valence-corrected chi connectivity index (χ1v) is 4.94. The number of pyridine rings is 1. The van der Waals surface area contributed by atoms with Gasteiger partial charge in [-0.1, -0.05) is 6.07 Å². The van der Waals surface area contributed by atoms with Crippen LogP contribution in [-0.4, -0.2) is 22.9 Å². The third kappa shape index (κ3) is 1.80. The molecule has 0 aromatic carbocycles. The van der Waals surface area contributed by atoms with E-state index in [4.69, 9.17) is 5.73 Å². The molecule has 1 unspecified atom stereocenters. The number of nitrogen functional groups attached to an aromatic ring is 1. The maximum absolute atomic E-state index is 9.76. The Morgan fingerprint density at radius 2 is 2.29 bits per heavy atom. The lowest BCUT2D eigenvalue weighted by atomic mass is 10.1. The molecule has 4 heteroatoms. The summed E-state index contributed by atoms with van der Waals surface area (Å²) in [5, 5.41) is 9.76. The maximum atomic E-state index is 9.76. The van der Waals surface area contributed by atoms with Crippen molar-refractivity contribution in [1.82, 2.24) is 4.98 Å². The van der Waals surface area contributed by atoms with Gasteiger partial charge in [-0.05, 0) is 31.4 Å². The number of aromatic nitrogens is 1. The van der Waals surface area contributed by atoms with E-state index >= 15 is 0 Å². The molecule has 1 fully saturated rings. The highest BCUT2D eigenvalue weighted by Crippen LogP contribution is 2.21. The molecule has 0 spiro atoms. The van der Waals surface area contributed by atoms with E-state index in [1.807, 2.05) is 17.0 Å². The standard InChI is InChI=1S/C10H15N3O/c11-8-4-3-5-9(12-8)13-7-2-1-6-10(13)14/h3-5,10,14H,1-2,6-7H2,(H2,11,12). The predicted octanol–water partition coefficient (Wildman–Crippen LogP) is 0.972. The summed E-state index contributed by atoms with van der Waals surface area (Å²) in [5.74, 6) is 1.28. The summed E-state index contributed by atoms with van der Waals surface area (Å²) in [6.07, 6.45) is 2.60. The summed E-state index contributed by atoms with van der Waals surface area (Å²) in [7, 11) is 0. The Bertz CT molecular complexity index is 316. The van der Waals surface area contributed by atoms with Crippen molar-refractivity contribution in [2.24, 2.45) is 0 Å². The molecule has 3 N–H and O–H groups in total. The van der Waals surface area contributed by atoms with Crippen LogP contribution in [0, 0.1) is 0 Å². The van der Waals surface area contributed by atoms with Crippen molar-refractivity contribution in [3.05, 3.63) is 18.2 Å². The Morgan fingerprint density at radius 3 is 3.00 bits per heavy atom. The fourth-order valence-corrected chi connectivity index (χ4v) is 1.78. The van der Waals surface area contributed by atoms with Crippen LogP contribution in [0.1, 0.15) is 19.3 Å². The molecule has 14 heavy (non-hydrogen) atoms. The Kier molecular flexibility index (Phi) is 2.54. The van der Waals surface area contributed by atoms with Crippen molar-refractivity contribution in [3.63, 3.8) is 0 Å². The lowest BCUT2D eigenvalue weighted by molar-refractivity contribution is 0.139. The molecule has 0 bridgehead atoms. The highest BCUT2D eigenvalue weighted by Gasteiger charge is 2.20. The highest BCUT2D eigenvalue weighted by atomic mass is 16.3. The molecule has 2 heterocycles. The lowest BCUT2D eigenvalue weighted by Gasteiger charge is -2.32. The van der Waals surface area contributed by atoms with Crippen molar-refractivity contribution >= 4 is 11.6 Å². The first kappa shape index (κ1) is 9.27. The number of anilines is 2. The fraction of sp³-hybridized carbons (Fsp3) is 0.500. The summed E-state index contributed by atoms with van der Waals surface area (Å²) in [5.41, 5.74) is 5.59. The molecule has 0 amide bonds. The molecule has 76 valence electrons. The smallest absolute Gasteiger partial charge is 0.132 e. The summed E-state index contributed by atoms with van der Waals surface area (Å²) >= 11 is 0. The molecule has 2 rings (SSSR count). The monoisotopic (exact) mass is 193 g/mol. The van der Waals surface area contributed by atoms with Crippen molar-refractivity contribution in [2.45, 2.75) is 25.5 Å². The van der Waals surface area contributed by atoms with Crippen LogP contribution in [0.25, 0.3) is 0 Å². The second-order valence-electron chi connectivity index (χ2n) is 3.59. The Balaban J connectivity index is 2.20. The van der Waals surface area contributed by atoms with Gasteiger partial charge in [-0.15, -0.1) is 0 Å². The van der Waals surface area contributed by atoms with Crippen molar-refractivity contribution in [3.8, 4) is 0 Å². The van der Waals surface area contributed by atoms with Crippen molar-refractivity contribution in [2.75, 3.05) is 17.2 Å². The Morgan fingerprint density at radius 1 is 1.43 bits per heavy atom. The van der Waals surface area contributed by atoms with E-state index in [1.54, 1.807) is 6.07 Å². The Labute approximate surface area is 83.4 Å². The van der Waals surface area contributed by atoms with E-state index < -0.39 is 6.23 Å². The van der Waals surface area contributed by atoms with Crippen LogP contribution in [-0.2, 0) is 0 Å². The lowest BCUT2D eigenvalue weighted by Crippen LogP contribution is -2.39. The number of hydrogen-bond acceptors (Lipinski definition) is 4. The van der Waals surface area contributed by atoms with Gasteiger partial charge in [-0.3, -0.25) is 0 Å². The molecule has 0 saturated carbocycles. The van der Waals surface area contributed by atoms with Gasteiger partial charge in [0.15, 0.2) is 0 Å². The minimum Gasteiger partial charge on any atom is -0.384 e. The summed E-state index contributed by atoms with van der Waals surface area (Å²) < 4.78 is 0. The molecule has 1 atom stereocenters. The second kappa shape index (κ2) is 3.84. The molecule has 1 aromatic rings. The maximum Gasteiger partial charge on any atom is 0.132 e. The predicted molar refractivity (Wildman–Crippen MR) is 55.9 cm³/mol. The van der Waals surface area contributed by atoms with E-state index in [1.165, 1.54) is 0 Å². The van der Waals surface area contributed by atoms with Gasteiger partial charge in [0, 0.05) is 6.54 Å². The zero-order valence-corrected chi connectivity index (χ0v) is 8.06. The molecule has 0 aliphatic carbocycles. The minimum atomic E-state index is -0.405. The summed E-state index contributed by atoms with van der Waals surface area (Å²) in [4.78, 5) is 6.09. The van der Waals surface area contributed by atoms with Gasteiger partial charge in [-0.25, -0.2) is 4.98 Å². The molecule has 1 aliphatic heterocycles. The average Bonchev–Trinajstić information content (AvgIpc) is 2.18. The van der Waals surface area contributed by atoms with E-state index in [0.717, 1.165) is 31.6 Å². The number of nitrogens with zero attached hydrogens (tertiary/aromatic N) is 2. The topological polar surface area (TPSA) is 62.4 Å². The van der Waals surface area contributed by atoms with Crippen molar-refractivity contribution < 1.29 is 5.11 Å². The molecule has 4 nitrogen and oxygen atoms in total. The van der Waals surface area contributed by atoms with Gasteiger partial charge >= 0.3 is 0 Å². The van der Waals surface area contributed by atoms with Gasteiger partial charge in [0.05, 0.1) is 0 Å².